The zero-order valence-electron chi connectivity index (χ0n) is 14.1. The number of rotatable bonds is 5. The molecule has 0 atom stereocenters. The molecule has 0 amide bonds. The fourth-order valence-corrected chi connectivity index (χ4v) is 2.17. The first kappa shape index (κ1) is 17.3. The van der Waals surface area contributed by atoms with Crippen molar-refractivity contribution in [3.05, 3.63) is 29.4 Å². The molecule has 6 heteroatoms. The molecule has 0 saturated heterocycles. The number of aromatic nitrogens is 2. The second kappa shape index (κ2) is 7.04. The highest BCUT2D eigenvalue weighted by Crippen LogP contribution is 2.32. The van der Waals surface area contributed by atoms with Gasteiger partial charge in [-0.2, -0.15) is 0 Å². The Bertz CT molecular complexity index is 684. The van der Waals surface area contributed by atoms with Crippen molar-refractivity contribution in [3.8, 4) is 22.8 Å². The van der Waals surface area contributed by atoms with E-state index in [-0.39, 0.29) is 5.41 Å². The molecule has 0 spiro atoms. The second-order valence-electron chi connectivity index (χ2n) is 6.38. The highest BCUT2D eigenvalue weighted by Gasteiger charge is 2.13. The molecule has 124 valence electrons. The van der Waals surface area contributed by atoms with Gasteiger partial charge >= 0.3 is 0 Å². The zero-order valence-corrected chi connectivity index (χ0v) is 14.9. The van der Waals surface area contributed by atoms with Crippen molar-refractivity contribution in [1.29, 1.82) is 0 Å². The van der Waals surface area contributed by atoms with Crippen LogP contribution in [-0.2, 0) is 0 Å². The Kier molecular flexibility index (Phi) is 5.31. The van der Waals surface area contributed by atoms with Crippen LogP contribution >= 0.6 is 11.6 Å². The van der Waals surface area contributed by atoms with Crippen LogP contribution in [0.2, 0.25) is 5.15 Å². The maximum atomic E-state index is 6.14. The van der Waals surface area contributed by atoms with Crippen LogP contribution in [0, 0.1) is 5.41 Å². The second-order valence-corrected chi connectivity index (χ2v) is 6.77. The number of hydrogen-bond donors (Lipinski definition) is 1. The molecular formula is C17H22ClN3O2. The van der Waals surface area contributed by atoms with Crippen LogP contribution in [0.1, 0.15) is 20.8 Å². The van der Waals surface area contributed by atoms with E-state index in [2.05, 4.69) is 36.1 Å². The van der Waals surface area contributed by atoms with E-state index in [1.807, 2.05) is 18.2 Å². The van der Waals surface area contributed by atoms with E-state index in [0.29, 0.717) is 22.6 Å². The van der Waals surface area contributed by atoms with Gasteiger partial charge in [-0.15, -0.1) is 0 Å². The summed E-state index contributed by atoms with van der Waals surface area (Å²) < 4.78 is 10.6. The SMILES string of the molecule is COc1ccc(-c2cc(Cl)nc(NCC(C)(C)C)n2)cc1OC. The van der Waals surface area contributed by atoms with Gasteiger partial charge in [-0.3, -0.25) is 0 Å². The third-order valence-corrected chi connectivity index (χ3v) is 3.34. The van der Waals surface area contributed by atoms with Gasteiger partial charge in [-0.1, -0.05) is 32.4 Å². The normalized spacial score (nSPS) is 11.2. The van der Waals surface area contributed by atoms with Crippen molar-refractivity contribution in [3.63, 3.8) is 0 Å². The number of halogens is 1. The highest BCUT2D eigenvalue weighted by atomic mass is 35.5. The van der Waals surface area contributed by atoms with E-state index < -0.39 is 0 Å². The van der Waals surface area contributed by atoms with E-state index >= 15 is 0 Å². The van der Waals surface area contributed by atoms with Gasteiger partial charge in [0.25, 0.3) is 0 Å². The van der Waals surface area contributed by atoms with Crippen molar-refractivity contribution < 1.29 is 9.47 Å². The van der Waals surface area contributed by atoms with Gasteiger partial charge < -0.3 is 14.8 Å². The first-order valence-electron chi connectivity index (χ1n) is 7.33. The predicted molar refractivity (Wildman–Crippen MR) is 93.5 cm³/mol. The number of ether oxygens (including phenoxy) is 2. The Morgan fingerprint density at radius 2 is 1.74 bits per heavy atom. The summed E-state index contributed by atoms with van der Waals surface area (Å²) in [5.41, 5.74) is 1.72. The lowest BCUT2D eigenvalue weighted by atomic mass is 9.97. The lowest BCUT2D eigenvalue weighted by Gasteiger charge is -2.19. The molecule has 0 saturated carbocycles. The van der Waals surface area contributed by atoms with E-state index in [4.69, 9.17) is 21.1 Å². The summed E-state index contributed by atoms with van der Waals surface area (Å²) in [6.45, 7) is 7.16. The van der Waals surface area contributed by atoms with Crippen molar-refractivity contribution in [1.82, 2.24) is 9.97 Å². The molecule has 0 radical (unpaired) electrons. The largest absolute Gasteiger partial charge is 0.493 e. The Labute approximate surface area is 142 Å². The number of methoxy groups -OCH3 is 2. The van der Waals surface area contributed by atoms with Gasteiger partial charge in [0.05, 0.1) is 19.9 Å². The number of nitrogens with zero attached hydrogens (tertiary/aromatic N) is 2. The molecule has 0 aliphatic heterocycles. The molecule has 0 bridgehead atoms. The predicted octanol–water partition coefficient (Wildman–Crippen LogP) is 4.27. The molecule has 0 aliphatic rings. The fourth-order valence-electron chi connectivity index (χ4n) is 1.98. The first-order valence-corrected chi connectivity index (χ1v) is 7.71. The molecule has 2 aromatic rings. The zero-order chi connectivity index (χ0) is 17.0. The molecule has 1 N–H and O–H groups in total. The molecule has 2 rings (SSSR count). The lowest BCUT2D eigenvalue weighted by Crippen LogP contribution is -2.20. The van der Waals surface area contributed by atoms with Crippen LogP contribution in [0.25, 0.3) is 11.3 Å². The molecule has 23 heavy (non-hydrogen) atoms. The summed E-state index contributed by atoms with van der Waals surface area (Å²) in [4.78, 5) is 8.76. The molecular weight excluding hydrogens is 314 g/mol. The number of benzene rings is 1. The third-order valence-electron chi connectivity index (χ3n) is 3.15. The topological polar surface area (TPSA) is 56.3 Å². The third kappa shape index (κ3) is 4.73. The monoisotopic (exact) mass is 335 g/mol. The average Bonchev–Trinajstić information content (AvgIpc) is 2.51. The number of nitrogens with one attached hydrogen (secondary N) is 1. The van der Waals surface area contributed by atoms with E-state index in [0.717, 1.165) is 17.8 Å². The van der Waals surface area contributed by atoms with E-state index in [9.17, 15) is 0 Å². The summed E-state index contributed by atoms with van der Waals surface area (Å²) in [7, 11) is 3.21. The highest BCUT2D eigenvalue weighted by molar-refractivity contribution is 6.29. The number of hydrogen-bond acceptors (Lipinski definition) is 5. The van der Waals surface area contributed by atoms with Crippen LogP contribution in [-0.4, -0.2) is 30.7 Å². The quantitative estimate of drug-likeness (QED) is 0.827. The smallest absolute Gasteiger partial charge is 0.224 e. The maximum absolute atomic E-state index is 6.14. The average molecular weight is 336 g/mol. The molecule has 0 aliphatic carbocycles. The van der Waals surface area contributed by atoms with Gasteiger partial charge in [0.2, 0.25) is 5.95 Å². The summed E-state index contributed by atoms with van der Waals surface area (Å²) in [6.07, 6.45) is 0. The summed E-state index contributed by atoms with van der Waals surface area (Å²) >= 11 is 6.14. The Balaban J connectivity index is 2.34. The minimum Gasteiger partial charge on any atom is -0.493 e. The minimum absolute atomic E-state index is 0.120. The summed E-state index contributed by atoms with van der Waals surface area (Å²) in [5.74, 6) is 1.82. The first-order chi connectivity index (χ1) is 10.8. The number of anilines is 1. The van der Waals surface area contributed by atoms with Gasteiger partial charge in [0.1, 0.15) is 5.15 Å². The van der Waals surface area contributed by atoms with Gasteiger partial charge in [0, 0.05) is 18.2 Å². The van der Waals surface area contributed by atoms with Crippen molar-refractivity contribution in [2.24, 2.45) is 5.41 Å². The maximum Gasteiger partial charge on any atom is 0.224 e. The fraction of sp³-hybridized carbons (Fsp3) is 0.412. The van der Waals surface area contributed by atoms with Crippen LogP contribution in [0.3, 0.4) is 0 Å². The van der Waals surface area contributed by atoms with Gasteiger partial charge in [0.15, 0.2) is 11.5 Å². The molecule has 1 heterocycles. The Morgan fingerprint density at radius 1 is 1.04 bits per heavy atom. The van der Waals surface area contributed by atoms with Crippen molar-refractivity contribution in [2.75, 3.05) is 26.1 Å². The molecule has 5 nitrogen and oxygen atoms in total. The Hall–Kier alpha value is -2.01. The van der Waals surface area contributed by atoms with Crippen LogP contribution < -0.4 is 14.8 Å². The minimum atomic E-state index is 0.120. The summed E-state index contributed by atoms with van der Waals surface area (Å²) in [6, 6.07) is 7.34. The van der Waals surface area contributed by atoms with Crippen molar-refractivity contribution in [2.45, 2.75) is 20.8 Å². The molecule has 1 aromatic heterocycles. The van der Waals surface area contributed by atoms with Crippen LogP contribution in [0.4, 0.5) is 5.95 Å². The van der Waals surface area contributed by atoms with Crippen molar-refractivity contribution >= 4 is 17.5 Å². The Morgan fingerprint density at radius 3 is 2.35 bits per heavy atom. The van der Waals surface area contributed by atoms with Crippen LogP contribution in [0.15, 0.2) is 24.3 Å². The van der Waals surface area contributed by atoms with E-state index in [1.165, 1.54) is 0 Å². The molecule has 0 fully saturated rings. The molecule has 0 unspecified atom stereocenters. The van der Waals surface area contributed by atoms with Gasteiger partial charge in [-0.25, -0.2) is 9.97 Å². The van der Waals surface area contributed by atoms with Gasteiger partial charge in [-0.05, 0) is 23.6 Å². The lowest BCUT2D eigenvalue weighted by molar-refractivity contribution is 0.355. The standard InChI is InChI=1S/C17H22ClN3O2/c1-17(2,3)10-19-16-20-12(9-15(18)21-16)11-6-7-13(22-4)14(8-11)23-5/h6-9H,10H2,1-5H3,(H,19,20,21). The summed E-state index contributed by atoms with van der Waals surface area (Å²) in [5, 5.41) is 3.61. The molecule has 1 aromatic carbocycles. The van der Waals surface area contributed by atoms with E-state index in [1.54, 1.807) is 20.3 Å². The van der Waals surface area contributed by atoms with Crippen LogP contribution in [0.5, 0.6) is 11.5 Å².